The Balaban J connectivity index is 1.56. The van der Waals surface area contributed by atoms with Crippen LogP contribution >= 0.6 is 0 Å². The van der Waals surface area contributed by atoms with Crippen molar-refractivity contribution in [2.24, 2.45) is 5.92 Å². The van der Waals surface area contributed by atoms with Gasteiger partial charge in [0.05, 0.1) is 6.10 Å². The van der Waals surface area contributed by atoms with Crippen molar-refractivity contribution in [3.63, 3.8) is 0 Å². The third-order valence-electron chi connectivity index (χ3n) is 4.69. The smallest absolute Gasteiger partial charge is 0.161 e. The summed E-state index contributed by atoms with van der Waals surface area (Å²) >= 11 is 0. The van der Waals surface area contributed by atoms with E-state index in [9.17, 15) is 5.11 Å². The Hall–Kier alpha value is -1.26. The minimum atomic E-state index is -0.510. The fourth-order valence-corrected chi connectivity index (χ4v) is 3.31. The molecule has 0 amide bonds. The van der Waals surface area contributed by atoms with Gasteiger partial charge in [0.2, 0.25) is 0 Å². The molecule has 1 heterocycles. The van der Waals surface area contributed by atoms with Crippen molar-refractivity contribution in [1.82, 2.24) is 5.32 Å². The van der Waals surface area contributed by atoms with Gasteiger partial charge in [0.15, 0.2) is 11.5 Å². The first kappa shape index (κ1) is 14.7. The topological polar surface area (TPSA) is 50.7 Å². The molecule has 3 rings (SSSR count). The molecule has 116 valence electrons. The standard InChI is InChI=1S/C17H25NO3/c1-12(13-4-2-3-5-13)18-11-15(19)14-6-7-16-17(10-14)21-9-8-20-16/h6-7,10,12-13,15,18-19H,2-5,8-9,11H2,1H3/t12-,15?/m0/s1. The average molecular weight is 291 g/mol. The number of aliphatic hydroxyl groups excluding tert-OH is 1. The Labute approximate surface area is 126 Å². The van der Waals surface area contributed by atoms with Gasteiger partial charge < -0.3 is 19.9 Å². The van der Waals surface area contributed by atoms with Crippen molar-refractivity contribution >= 4 is 0 Å². The normalized spacial score (nSPS) is 21.2. The SMILES string of the molecule is C[C@H](NCC(O)c1ccc2c(c1)OCCO2)C1CCCC1. The van der Waals surface area contributed by atoms with E-state index in [4.69, 9.17) is 9.47 Å². The number of benzene rings is 1. The maximum atomic E-state index is 10.4. The van der Waals surface area contributed by atoms with E-state index in [1.165, 1.54) is 25.7 Å². The third kappa shape index (κ3) is 3.50. The molecule has 0 radical (unpaired) electrons. The number of hydrogen-bond donors (Lipinski definition) is 2. The molecule has 2 atom stereocenters. The lowest BCUT2D eigenvalue weighted by molar-refractivity contribution is 0.158. The zero-order valence-electron chi connectivity index (χ0n) is 12.7. The molecule has 1 aromatic rings. The summed E-state index contributed by atoms with van der Waals surface area (Å²) in [6, 6.07) is 6.16. The fourth-order valence-electron chi connectivity index (χ4n) is 3.31. The monoisotopic (exact) mass is 291 g/mol. The summed E-state index contributed by atoms with van der Waals surface area (Å²) in [4.78, 5) is 0. The van der Waals surface area contributed by atoms with E-state index in [-0.39, 0.29) is 0 Å². The molecule has 0 aromatic heterocycles. The predicted molar refractivity (Wildman–Crippen MR) is 81.8 cm³/mol. The van der Waals surface area contributed by atoms with Crippen LogP contribution in [0, 0.1) is 5.92 Å². The molecule has 1 saturated carbocycles. The molecule has 21 heavy (non-hydrogen) atoms. The van der Waals surface area contributed by atoms with Crippen molar-refractivity contribution in [3.8, 4) is 11.5 Å². The summed E-state index contributed by atoms with van der Waals surface area (Å²) in [7, 11) is 0. The number of ether oxygens (including phenoxy) is 2. The molecule has 1 fully saturated rings. The molecule has 0 spiro atoms. The van der Waals surface area contributed by atoms with Crippen molar-refractivity contribution in [2.45, 2.75) is 44.8 Å². The van der Waals surface area contributed by atoms with Gasteiger partial charge in [-0.3, -0.25) is 0 Å². The second-order valence-electron chi connectivity index (χ2n) is 6.16. The van der Waals surface area contributed by atoms with Crippen LogP contribution < -0.4 is 14.8 Å². The van der Waals surface area contributed by atoms with E-state index >= 15 is 0 Å². The second kappa shape index (κ2) is 6.67. The molecular formula is C17H25NO3. The number of fused-ring (bicyclic) bond motifs is 1. The highest BCUT2D eigenvalue weighted by Crippen LogP contribution is 2.33. The van der Waals surface area contributed by atoms with Crippen LogP contribution in [0.25, 0.3) is 0 Å². The zero-order valence-corrected chi connectivity index (χ0v) is 12.7. The largest absolute Gasteiger partial charge is 0.486 e. The molecule has 2 N–H and O–H groups in total. The lowest BCUT2D eigenvalue weighted by Crippen LogP contribution is -2.35. The molecule has 2 aliphatic rings. The summed E-state index contributed by atoms with van der Waals surface area (Å²) in [6.07, 6.45) is 4.82. The van der Waals surface area contributed by atoms with Gasteiger partial charge in [0.25, 0.3) is 0 Å². The molecule has 0 bridgehead atoms. The van der Waals surface area contributed by atoms with E-state index in [0.717, 1.165) is 23.0 Å². The van der Waals surface area contributed by atoms with Gasteiger partial charge in [0.1, 0.15) is 13.2 Å². The van der Waals surface area contributed by atoms with E-state index in [0.29, 0.717) is 25.8 Å². The Morgan fingerprint density at radius 1 is 1.19 bits per heavy atom. The summed E-state index contributed by atoms with van der Waals surface area (Å²) in [6.45, 7) is 3.97. The molecule has 0 saturated heterocycles. The summed E-state index contributed by atoms with van der Waals surface area (Å²) in [5.41, 5.74) is 0.880. The number of aliphatic hydroxyl groups is 1. The minimum absolute atomic E-state index is 0.472. The second-order valence-corrected chi connectivity index (χ2v) is 6.16. The molecule has 4 nitrogen and oxygen atoms in total. The number of rotatable bonds is 5. The predicted octanol–water partition coefficient (Wildman–Crippen LogP) is 2.66. The lowest BCUT2D eigenvalue weighted by Gasteiger charge is -2.23. The molecular weight excluding hydrogens is 266 g/mol. The van der Waals surface area contributed by atoms with E-state index in [2.05, 4.69) is 12.2 Å². The molecule has 1 aliphatic carbocycles. The van der Waals surface area contributed by atoms with Crippen molar-refractivity contribution in [3.05, 3.63) is 23.8 Å². The Bertz CT molecular complexity index is 471. The first-order valence-corrected chi connectivity index (χ1v) is 8.05. The van der Waals surface area contributed by atoms with E-state index in [1.54, 1.807) is 0 Å². The van der Waals surface area contributed by atoms with Crippen molar-refractivity contribution in [2.75, 3.05) is 19.8 Å². The highest BCUT2D eigenvalue weighted by atomic mass is 16.6. The maximum Gasteiger partial charge on any atom is 0.161 e. The third-order valence-corrected chi connectivity index (χ3v) is 4.69. The van der Waals surface area contributed by atoms with Gasteiger partial charge in [-0.1, -0.05) is 18.9 Å². The van der Waals surface area contributed by atoms with Crippen LogP contribution in [-0.2, 0) is 0 Å². The molecule has 4 heteroatoms. The summed E-state index contributed by atoms with van der Waals surface area (Å²) in [5, 5.41) is 13.8. The van der Waals surface area contributed by atoms with Crippen LogP contribution in [0.5, 0.6) is 11.5 Å². The quantitative estimate of drug-likeness (QED) is 0.875. The van der Waals surface area contributed by atoms with Gasteiger partial charge in [-0.05, 0) is 43.4 Å². The number of nitrogens with one attached hydrogen (secondary N) is 1. The van der Waals surface area contributed by atoms with Crippen LogP contribution in [-0.4, -0.2) is 30.9 Å². The van der Waals surface area contributed by atoms with Crippen LogP contribution in [0.3, 0.4) is 0 Å². The first-order valence-electron chi connectivity index (χ1n) is 8.05. The molecule has 1 aromatic carbocycles. The van der Waals surface area contributed by atoms with Crippen LogP contribution in [0.1, 0.15) is 44.3 Å². The Kier molecular flexibility index (Phi) is 4.66. The van der Waals surface area contributed by atoms with Gasteiger partial charge in [-0.25, -0.2) is 0 Å². The Morgan fingerprint density at radius 2 is 1.90 bits per heavy atom. The number of hydrogen-bond acceptors (Lipinski definition) is 4. The van der Waals surface area contributed by atoms with Gasteiger partial charge in [0, 0.05) is 12.6 Å². The average Bonchev–Trinajstić information content (AvgIpc) is 3.06. The first-order chi connectivity index (χ1) is 10.2. The van der Waals surface area contributed by atoms with Gasteiger partial charge in [-0.15, -0.1) is 0 Å². The zero-order chi connectivity index (χ0) is 14.7. The molecule has 1 unspecified atom stereocenters. The molecule has 1 aliphatic heterocycles. The summed E-state index contributed by atoms with van der Waals surface area (Å²) in [5.74, 6) is 2.27. The van der Waals surface area contributed by atoms with Crippen molar-refractivity contribution in [1.29, 1.82) is 0 Å². The maximum absolute atomic E-state index is 10.4. The van der Waals surface area contributed by atoms with Crippen LogP contribution in [0.4, 0.5) is 0 Å². The highest BCUT2D eigenvalue weighted by molar-refractivity contribution is 5.44. The van der Waals surface area contributed by atoms with Crippen LogP contribution in [0.2, 0.25) is 0 Å². The van der Waals surface area contributed by atoms with E-state index < -0.39 is 6.10 Å². The summed E-state index contributed by atoms with van der Waals surface area (Å²) < 4.78 is 11.1. The van der Waals surface area contributed by atoms with Crippen LogP contribution in [0.15, 0.2) is 18.2 Å². The fraction of sp³-hybridized carbons (Fsp3) is 0.647. The van der Waals surface area contributed by atoms with Gasteiger partial charge in [-0.2, -0.15) is 0 Å². The highest BCUT2D eigenvalue weighted by Gasteiger charge is 2.22. The lowest BCUT2D eigenvalue weighted by atomic mass is 9.99. The van der Waals surface area contributed by atoms with Gasteiger partial charge >= 0.3 is 0 Å². The Morgan fingerprint density at radius 3 is 2.67 bits per heavy atom. The minimum Gasteiger partial charge on any atom is -0.486 e. The van der Waals surface area contributed by atoms with E-state index in [1.807, 2.05) is 18.2 Å². The van der Waals surface area contributed by atoms with Crippen molar-refractivity contribution < 1.29 is 14.6 Å².